The molecule has 4 rings (SSSR count). The maximum atomic E-state index is 13.1. The summed E-state index contributed by atoms with van der Waals surface area (Å²) in [6, 6.07) is 31.0. The highest BCUT2D eigenvalue weighted by atomic mass is 35.5. The number of ketones is 2. The number of carbonyl (C=O) groups is 2. The second-order valence-electron chi connectivity index (χ2n) is 12.0. The summed E-state index contributed by atoms with van der Waals surface area (Å²) in [5.41, 5.74) is 2.30. The molecule has 0 aromatic heterocycles. The maximum Gasteiger partial charge on any atom is 0.183 e. The number of hydrogen-bond donors (Lipinski definition) is 0. The van der Waals surface area contributed by atoms with Gasteiger partial charge in [-0.25, -0.2) is 0 Å². The third kappa shape index (κ3) is 9.50. The van der Waals surface area contributed by atoms with Gasteiger partial charge in [0.05, 0.1) is 11.1 Å². The highest BCUT2D eigenvalue weighted by molar-refractivity contribution is 7.98. The molecule has 46 heavy (non-hydrogen) atoms. The first-order chi connectivity index (χ1) is 21.7. The summed E-state index contributed by atoms with van der Waals surface area (Å²) < 4.78 is 0. The van der Waals surface area contributed by atoms with Crippen molar-refractivity contribution < 1.29 is 9.59 Å². The van der Waals surface area contributed by atoms with Crippen LogP contribution in [-0.2, 0) is 12.8 Å². The number of rotatable bonds is 12. The number of nitrogens with zero attached hydrogens (tertiary/aromatic N) is 2. The molecule has 0 N–H and O–H groups in total. The predicted octanol–water partition coefficient (Wildman–Crippen LogP) is 9.62. The maximum absolute atomic E-state index is 13.1. The minimum Gasteiger partial charge on any atom is -0.297 e. The van der Waals surface area contributed by atoms with E-state index in [0.717, 1.165) is 32.0 Å². The van der Waals surface area contributed by atoms with Crippen molar-refractivity contribution in [3.05, 3.63) is 129 Å². The number of benzene rings is 4. The van der Waals surface area contributed by atoms with Crippen molar-refractivity contribution >= 4 is 58.3 Å². The van der Waals surface area contributed by atoms with Gasteiger partial charge in [0, 0.05) is 31.0 Å². The van der Waals surface area contributed by atoms with Gasteiger partial charge in [-0.15, -0.1) is 23.5 Å². The average molecular weight is 696 g/mol. The van der Waals surface area contributed by atoms with Crippen LogP contribution >= 0.6 is 46.7 Å². The zero-order valence-corrected chi connectivity index (χ0v) is 31.1. The van der Waals surface area contributed by atoms with E-state index in [-0.39, 0.29) is 11.6 Å². The van der Waals surface area contributed by atoms with Crippen LogP contribution < -0.4 is 0 Å². The van der Waals surface area contributed by atoms with Crippen molar-refractivity contribution in [2.75, 3.05) is 40.7 Å². The van der Waals surface area contributed by atoms with Crippen LogP contribution in [0.5, 0.6) is 0 Å². The number of halogens is 2. The molecule has 244 valence electrons. The molecule has 2 atom stereocenters. The molecule has 8 heteroatoms. The lowest BCUT2D eigenvalue weighted by Gasteiger charge is -2.35. The molecule has 0 aliphatic carbocycles. The number of carbonyl (C=O) groups excluding carboxylic acids is 2. The Morgan fingerprint density at radius 2 is 1.02 bits per heavy atom. The molecule has 0 heterocycles. The summed E-state index contributed by atoms with van der Waals surface area (Å²) in [5.74, 6) is 0.236. The fraction of sp³-hybridized carbons (Fsp3) is 0.316. The van der Waals surface area contributed by atoms with Gasteiger partial charge in [-0.2, -0.15) is 0 Å². The molecule has 4 aromatic carbocycles. The van der Waals surface area contributed by atoms with Crippen LogP contribution in [0.4, 0.5) is 0 Å². The van der Waals surface area contributed by atoms with Crippen LogP contribution in [0, 0.1) is 0 Å². The molecule has 0 fully saturated rings. The smallest absolute Gasteiger partial charge is 0.183 e. The molecule has 2 unspecified atom stereocenters. The first-order valence-electron chi connectivity index (χ1n) is 15.0. The second-order valence-corrected chi connectivity index (χ2v) is 14.6. The Labute approximate surface area is 293 Å². The third-order valence-corrected chi connectivity index (χ3v) is 10.7. The van der Waals surface area contributed by atoms with Crippen LogP contribution in [0.2, 0.25) is 10.0 Å². The van der Waals surface area contributed by atoms with E-state index in [1.165, 1.54) is 0 Å². The average Bonchev–Trinajstić information content (AvgIpc) is 3.06. The Bertz CT molecular complexity index is 1590. The van der Waals surface area contributed by atoms with E-state index in [1.54, 1.807) is 23.5 Å². The van der Waals surface area contributed by atoms with Gasteiger partial charge in [0.15, 0.2) is 11.6 Å². The van der Waals surface area contributed by atoms with Gasteiger partial charge in [0.2, 0.25) is 0 Å². The van der Waals surface area contributed by atoms with Gasteiger partial charge in [0.25, 0.3) is 0 Å². The summed E-state index contributed by atoms with van der Waals surface area (Å²) >= 11 is 15.6. The number of likely N-dealkylation sites (N-methyl/N-ethyl adjacent to an activating group) is 2. The van der Waals surface area contributed by atoms with Crippen molar-refractivity contribution in [3.63, 3.8) is 0 Å². The van der Waals surface area contributed by atoms with Crippen molar-refractivity contribution in [2.24, 2.45) is 0 Å². The van der Waals surface area contributed by atoms with E-state index in [0.29, 0.717) is 22.9 Å². The normalized spacial score (nSPS) is 13.8. The van der Waals surface area contributed by atoms with E-state index in [1.807, 2.05) is 161 Å². The molecule has 0 aliphatic rings. The number of thioether (sulfide) groups is 2. The van der Waals surface area contributed by atoms with Crippen molar-refractivity contribution in [1.29, 1.82) is 0 Å². The Morgan fingerprint density at radius 1 is 0.609 bits per heavy atom. The minimum absolute atomic E-state index is 0.107. The lowest BCUT2D eigenvalue weighted by Crippen LogP contribution is -2.50. The molecule has 0 aliphatic heterocycles. The van der Waals surface area contributed by atoms with Crippen molar-refractivity contribution in [3.8, 4) is 0 Å². The highest BCUT2D eigenvalue weighted by Gasteiger charge is 2.37. The van der Waals surface area contributed by atoms with E-state index < -0.39 is 11.1 Å². The SMILES string of the molecule is CSc1ccc(C(=O)C(C)(Cc2ccc(Cl)cc2)N(C)C)cc1.CSc1ccc(C(=O)C(C)(Cc2ccccc2Cl)N(C)C)cc1. The Balaban J connectivity index is 0.000000250. The van der Waals surface area contributed by atoms with Gasteiger partial charge in [-0.05, 0) is 121 Å². The second kappa shape index (κ2) is 17.0. The monoisotopic (exact) mass is 694 g/mol. The van der Waals surface area contributed by atoms with Gasteiger partial charge in [-0.1, -0.05) is 77.8 Å². The van der Waals surface area contributed by atoms with Gasteiger partial charge < -0.3 is 0 Å². The molecule has 0 radical (unpaired) electrons. The summed E-state index contributed by atoms with van der Waals surface area (Å²) in [5, 5.41) is 1.41. The summed E-state index contributed by atoms with van der Waals surface area (Å²) in [6.07, 6.45) is 5.27. The summed E-state index contributed by atoms with van der Waals surface area (Å²) in [4.78, 5) is 32.5. The number of hydrogen-bond acceptors (Lipinski definition) is 6. The topological polar surface area (TPSA) is 40.6 Å². The van der Waals surface area contributed by atoms with Gasteiger partial charge in [-0.3, -0.25) is 19.4 Å². The van der Waals surface area contributed by atoms with Gasteiger partial charge >= 0.3 is 0 Å². The Kier molecular flexibility index (Phi) is 14.0. The van der Waals surface area contributed by atoms with Crippen LogP contribution in [0.25, 0.3) is 0 Å². The molecular formula is C38H44Cl2N2O2S2. The van der Waals surface area contributed by atoms with E-state index in [9.17, 15) is 9.59 Å². The summed E-state index contributed by atoms with van der Waals surface area (Å²) in [7, 11) is 7.77. The lowest BCUT2D eigenvalue weighted by molar-refractivity contribution is 0.0713. The fourth-order valence-electron chi connectivity index (χ4n) is 5.00. The zero-order valence-electron chi connectivity index (χ0n) is 27.9. The van der Waals surface area contributed by atoms with Crippen LogP contribution in [-0.4, -0.2) is 73.1 Å². The van der Waals surface area contributed by atoms with Crippen LogP contribution in [0.15, 0.2) is 107 Å². The lowest BCUT2D eigenvalue weighted by atomic mass is 9.84. The molecule has 0 amide bonds. The molecule has 0 saturated carbocycles. The highest BCUT2D eigenvalue weighted by Crippen LogP contribution is 2.29. The summed E-state index contributed by atoms with van der Waals surface area (Å²) in [6.45, 7) is 3.97. The predicted molar refractivity (Wildman–Crippen MR) is 200 cm³/mol. The minimum atomic E-state index is -0.647. The molecule has 0 spiro atoms. The van der Waals surface area contributed by atoms with Crippen molar-refractivity contribution in [1.82, 2.24) is 9.80 Å². The Hall–Kier alpha value is -2.58. The first-order valence-corrected chi connectivity index (χ1v) is 18.2. The molecule has 0 bridgehead atoms. The fourth-order valence-corrected chi connectivity index (χ4v) is 6.15. The van der Waals surface area contributed by atoms with E-state index in [2.05, 4.69) is 0 Å². The van der Waals surface area contributed by atoms with Gasteiger partial charge in [0.1, 0.15) is 0 Å². The zero-order chi connectivity index (χ0) is 34.1. The largest absolute Gasteiger partial charge is 0.297 e. The quantitative estimate of drug-likeness (QED) is 0.109. The molecule has 4 aromatic rings. The van der Waals surface area contributed by atoms with Crippen molar-refractivity contribution in [2.45, 2.75) is 47.6 Å². The van der Waals surface area contributed by atoms with Crippen LogP contribution in [0.1, 0.15) is 45.7 Å². The molecular weight excluding hydrogens is 651 g/mol. The molecule has 4 nitrogen and oxygen atoms in total. The number of Topliss-reactive ketones (excluding diaryl/α,β-unsaturated/α-hetero) is 2. The Morgan fingerprint density at radius 3 is 1.41 bits per heavy atom. The van der Waals surface area contributed by atoms with Crippen LogP contribution in [0.3, 0.4) is 0 Å². The first kappa shape index (κ1) is 37.9. The van der Waals surface area contributed by atoms with E-state index >= 15 is 0 Å². The third-order valence-electron chi connectivity index (χ3n) is 8.61. The van der Waals surface area contributed by atoms with E-state index in [4.69, 9.17) is 23.2 Å². The standard InChI is InChI=1S/2C19H22ClNOS/c1-19(21(2)3,13-14-5-9-16(20)10-6-14)18(22)15-7-11-17(23-4)12-8-15;1-19(21(2)3,13-15-7-5-6-8-17(15)20)18(22)14-9-11-16(23-4)12-10-14/h2*5-12H,13H2,1-4H3. The molecule has 0 saturated heterocycles.